The zero-order valence-corrected chi connectivity index (χ0v) is 19.3. The van der Waals surface area contributed by atoms with E-state index in [4.69, 9.17) is 14.7 Å². The first-order valence-corrected chi connectivity index (χ1v) is 11.3. The molecule has 2 unspecified atom stereocenters. The fourth-order valence-corrected chi connectivity index (χ4v) is 4.36. The second-order valence-electron chi connectivity index (χ2n) is 8.67. The minimum absolute atomic E-state index is 0.206. The number of rotatable bonds is 8. The topological polar surface area (TPSA) is 110 Å². The summed E-state index contributed by atoms with van der Waals surface area (Å²) in [5.41, 5.74) is 4.38. The summed E-state index contributed by atoms with van der Waals surface area (Å²) in [5.74, 6) is -0.863. The molecule has 0 spiro atoms. The number of amides is 2. The summed E-state index contributed by atoms with van der Waals surface area (Å²) in [6, 6.07) is 17.0. The number of pyridine rings is 1. The van der Waals surface area contributed by atoms with Crippen LogP contribution in [0.3, 0.4) is 0 Å². The van der Waals surface area contributed by atoms with E-state index in [1.807, 2.05) is 25.1 Å². The highest BCUT2D eigenvalue weighted by molar-refractivity contribution is 5.95. The first-order valence-electron chi connectivity index (χ1n) is 11.3. The summed E-state index contributed by atoms with van der Waals surface area (Å²) in [6.07, 6.45) is 1.22. The molecule has 1 saturated heterocycles. The molecule has 8 nitrogen and oxygen atoms in total. The fraction of sp³-hybridized carbons (Fsp3) is 0.346. The van der Waals surface area contributed by atoms with Gasteiger partial charge in [-0.05, 0) is 55.3 Å². The molecule has 34 heavy (non-hydrogen) atoms. The Morgan fingerprint density at radius 2 is 1.97 bits per heavy atom. The van der Waals surface area contributed by atoms with E-state index in [0.29, 0.717) is 30.9 Å². The summed E-state index contributed by atoms with van der Waals surface area (Å²) in [4.78, 5) is 29.4. The lowest BCUT2D eigenvalue weighted by Crippen LogP contribution is -2.57. The fourth-order valence-electron chi connectivity index (χ4n) is 4.36. The molecule has 3 N–H and O–H groups in total. The normalized spacial score (nSPS) is 18.4. The molecular formula is C26H29N3O5. The summed E-state index contributed by atoms with van der Waals surface area (Å²) in [5, 5.41) is 13.1. The number of aromatic nitrogens is 1. The summed E-state index contributed by atoms with van der Waals surface area (Å²) in [7, 11) is 0. The van der Waals surface area contributed by atoms with Crippen molar-refractivity contribution in [2.24, 2.45) is 5.92 Å². The second kappa shape index (κ2) is 10.2. The Morgan fingerprint density at radius 3 is 2.68 bits per heavy atom. The molecule has 1 fully saturated rings. The van der Waals surface area contributed by atoms with Crippen LogP contribution in [-0.4, -0.2) is 47.4 Å². The van der Waals surface area contributed by atoms with E-state index in [1.165, 1.54) is 5.56 Å². The van der Waals surface area contributed by atoms with Crippen LogP contribution in [0, 0.1) is 12.8 Å². The Hall–Kier alpha value is -3.49. The highest BCUT2D eigenvalue weighted by Gasteiger charge is 2.44. The van der Waals surface area contributed by atoms with Crippen LogP contribution in [0.4, 0.5) is 0 Å². The second-order valence-corrected chi connectivity index (χ2v) is 8.67. The lowest BCUT2D eigenvalue weighted by atomic mass is 9.83. The van der Waals surface area contributed by atoms with Gasteiger partial charge in [-0.15, -0.1) is 0 Å². The Labute approximate surface area is 198 Å². The number of carbonyl (C=O) groups is 2. The standard InChI is InChI=1S/C26H29N3O5/c1-17-15-20(22-5-3-4-6-23(22)27-17)11-13-34-21-9-7-19(8-10-21)25(31)28-26(12-14-33-16-26)18(2)24(30)29-32/h3-10,15,18,32H,11-14,16H2,1-2H3,(H,28,31)(H,29,30). The molecule has 1 aromatic heterocycles. The first kappa shape index (κ1) is 23.7. The predicted molar refractivity (Wildman–Crippen MR) is 127 cm³/mol. The Kier molecular flexibility index (Phi) is 7.09. The maximum absolute atomic E-state index is 12.9. The number of hydroxylamine groups is 1. The molecule has 2 atom stereocenters. The number of ether oxygens (including phenoxy) is 2. The van der Waals surface area contributed by atoms with Crippen molar-refractivity contribution >= 4 is 22.7 Å². The van der Waals surface area contributed by atoms with Crippen LogP contribution in [0.25, 0.3) is 10.9 Å². The van der Waals surface area contributed by atoms with Gasteiger partial charge >= 0.3 is 0 Å². The molecule has 1 aliphatic heterocycles. The van der Waals surface area contributed by atoms with Crippen molar-refractivity contribution < 1.29 is 24.3 Å². The van der Waals surface area contributed by atoms with Crippen molar-refractivity contribution in [3.05, 3.63) is 71.4 Å². The van der Waals surface area contributed by atoms with Crippen molar-refractivity contribution in [1.82, 2.24) is 15.8 Å². The van der Waals surface area contributed by atoms with E-state index in [0.717, 1.165) is 23.0 Å². The van der Waals surface area contributed by atoms with Gasteiger partial charge in [0.05, 0.1) is 30.2 Å². The van der Waals surface area contributed by atoms with Gasteiger partial charge in [0.2, 0.25) is 5.91 Å². The average molecular weight is 464 g/mol. The number of hydrogen-bond donors (Lipinski definition) is 3. The summed E-state index contributed by atoms with van der Waals surface area (Å²) < 4.78 is 11.4. The Morgan fingerprint density at radius 1 is 1.21 bits per heavy atom. The van der Waals surface area contributed by atoms with Crippen LogP contribution >= 0.6 is 0 Å². The smallest absolute Gasteiger partial charge is 0.251 e. The van der Waals surface area contributed by atoms with Gasteiger partial charge in [-0.1, -0.05) is 25.1 Å². The van der Waals surface area contributed by atoms with Crippen molar-refractivity contribution in [3.8, 4) is 5.75 Å². The van der Waals surface area contributed by atoms with Gasteiger partial charge in [-0.3, -0.25) is 19.8 Å². The van der Waals surface area contributed by atoms with Crippen LogP contribution in [0.1, 0.15) is 35.0 Å². The molecule has 4 rings (SSSR count). The Balaban J connectivity index is 1.38. The third-order valence-electron chi connectivity index (χ3n) is 6.43. The lowest BCUT2D eigenvalue weighted by molar-refractivity contribution is -0.135. The minimum atomic E-state index is -0.871. The number of nitrogens with one attached hydrogen (secondary N) is 2. The maximum Gasteiger partial charge on any atom is 0.251 e. The van der Waals surface area contributed by atoms with Gasteiger partial charge in [0.1, 0.15) is 5.75 Å². The monoisotopic (exact) mass is 463 g/mol. The quantitative estimate of drug-likeness (QED) is 0.350. The van der Waals surface area contributed by atoms with E-state index < -0.39 is 17.4 Å². The maximum atomic E-state index is 12.9. The van der Waals surface area contributed by atoms with E-state index in [1.54, 1.807) is 36.7 Å². The zero-order valence-electron chi connectivity index (χ0n) is 19.3. The molecule has 1 aliphatic rings. The molecule has 0 saturated carbocycles. The zero-order chi connectivity index (χ0) is 24.1. The van der Waals surface area contributed by atoms with Crippen LogP contribution in [0.2, 0.25) is 0 Å². The molecule has 178 valence electrons. The van der Waals surface area contributed by atoms with E-state index >= 15 is 0 Å². The van der Waals surface area contributed by atoms with Crippen LogP contribution in [0.15, 0.2) is 54.6 Å². The first-order chi connectivity index (χ1) is 16.4. The third-order valence-corrected chi connectivity index (χ3v) is 6.43. The van der Waals surface area contributed by atoms with E-state index in [9.17, 15) is 9.59 Å². The number of carbonyl (C=O) groups excluding carboxylic acids is 2. The minimum Gasteiger partial charge on any atom is -0.493 e. The molecular weight excluding hydrogens is 434 g/mol. The SMILES string of the molecule is Cc1cc(CCOc2ccc(C(=O)NC3(C(C)C(=O)NO)CCOC3)cc2)c2ccccc2n1. The van der Waals surface area contributed by atoms with Gasteiger partial charge < -0.3 is 14.8 Å². The summed E-state index contributed by atoms with van der Waals surface area (Å²) in [6.45, 7) is 4.78. The van der Waals surface area contributed by atoms with Crippen LogP contribution in [0.5, 0.6) is 5.75 Å². The molecule has 0 radical (unpaired) electrons. The largest absolute Gasteiger partial charge is 0.493 e. The molecule has 8 heteroatoms. The van der Waals surface area contributed by atoms with E-state index in [2.05, 4.69) is 22.4 Å². The molecule has 3 aromatic rings. The molecule has 2 heterocycles. The number of para-hydroxylation sites is 1. The Bertz CT molecular complexity index is 1170. The molecule has 0 aliphatic carbocycles. The van der Waals surface area contributed by atoms with Crippen molar-refractivity contribution in [2.75, 3.05) is 19.8 Å². The number of benzene rings is 2. The van der Waals surface area contributed by atoms with Crippen molar-refractivity contribution in [2.45, 2.75) is 32.2 Å². The van der Waals surface area contributed by atoms with Crippen molar-refractivity contribution in [3.63, 3.8) is 0 Å². The van der Waals surface area contributed by atoms with Gasteiger partial charge in [0, 0.05) is 29.7 Å². The summed E-state index contributed by atoms with van der Waals surface area (Å²) >= 11 is 0. The molecule has 0 bridgehead atoms. The number of fused-ring (bicyclic) bond motifs is 1. The van der Waals surface area contributed by atoms with Gasteiger partial charge in [-0.25, -0.2) is 5.48 Å². The number of hydrogen-bond acceptors (Lipinski definition) is 6. The molecule has 2 aromatic carbocycles. The van der Waals surface area contributed by atoms with Gasteiger partial charge in [0.25, 0.3) is 5.91 Å². The number of aryl methyl sites for hydroxylation is 1. The van der Waals surface area contributed by atoms with Crippen LogP contribution in [-0.2, 0) is 16.0 Å². The van der Waals surface area contributed by atoms with Gasteiger partial charge in [0.15, 0.2) is 0 Å². The lowest BCUT2D eigenvalue weighted by Gasteiger charge is -2.33. The number of nitrogens with zero attached hydrogens (tertiary/aromatic N) is 1. The molecule has 2 amide bonds. The average Bonchev–Trinajstić information content (AvgIpc) is 3.32. The van der Waals surface area contributed by atoms with E-state index in [-0.39, 0.29) is 12.5 Å². The van der Waals surface area contributed by atoms with Crippen LogP contribution < -0.4 is 15.5 Å². The predicted octanol–water partition coefficient (Wildman–Crippen LogP) is 3.20. The highest BCUT2D eigenvalue weighted by atomic mass is 16.5. The third kappa shape index (κ3) is 5.03. The van der Waals surface area contributed by atoms with Gasteiger partial charge in [-0.2, -0.15) is 0 Å². The van der Waals surface area contributed by atoms with Crippen molar-refractivity contribution in [1.29, 1.82) is 0 Å². The highest BCUT2D eigenvalue weighted by Crippen LogP contribution is 2.28.